The lowest BCUT2D eigenvalue weighted by atomic mass is 10.2. The van der Waals surface area contributed by atoms with E-state index < -0.39 is 19.9 Å². The fourth-order valence-electron chi connectivity index (χ4n) is 3.23. The first-order valence-electron chi connectivity index (χ1n) is 9.49. The molecule has 7 nitrogen and oxygen atoms in total. The van der Waals surface area contributed by atoms with Crippen molar-refractivity contribution in [1.29, 1.82) is 0 Å². The highest BCUT2D eigenvalue weighted by molar-refractivity contribution is 7.91. The zero-order valence-corrected chi connectivity index (χ0v) is 18.8. The second kappa shape index (κ2) is 8.71. The monoisotopic (exact) mass is 447 g/mol. The summed E-state index contributed by atoms with van der Waals surface area (Å²) in [6.07, 6.45) is 5.71. The molecule has 0 amide bonds. The van der Waals surface area contributed by atoms with Gasteiger partial charge in [0.2, 0.25) is 19.9 Å². The number of benzene rings is 2. The summed E-state index contributed by atoms with van der Waals surface area (Å²) in [5.74, 6) is 0. The molecule has 160 valence electrons. The molecule has 0 spiro atoms. The van der Waals surface area contributed by atoms with Crippen LogP contribution >= 0.6 is 0 Å². The Hall–Kier alpha value is -2.49. The molecule has 3 rings (SSSR count). The Kier molecular flexibility index (Phi) is 6.44. The average molecular weight is 448 g/mol. The highest BCUT2D eigenvalue weighted by atomic mass is 32.2. The SMILES string of the molecule is Cc1cc(C)cc(S(=O)(=O)c2ccc(C)c(S(=O)(=O)NCCCn3ccnc3)c2)c1. The number of sulfone groups is 1. The van der Waals surface area contributed by atoms with Gasteiger partial charge < -0.3 is 4.57 Å². The summed E-state index contributed by atoms with van der Waals surface area (Å²) < 4.78 is 56.2. The lowest BCUT2D eigenvalue weighted by Crippen LogP contribution is -2.26. The third-order valence-corrected chi connectivity index (χ3v) is 8.04. The fraction of sp³-hybridized carbons (Fsp3) is 0.286. The molecule has 1 N–H and O–H groups in total. The molecule has 0 aliphatic rings. The molecular formula is C21H25N3O4S2. The first-order valence-corrected chi connectivity index (χ1v) is 12.5. The molecule has 3 aromatic rings. The minimum atomic E-state index is -3.85. The second-order valence-electron chi connectivity index (χ2n) is 7.31. The highest BCUT2D eigenvalue weighted by Crippen LogP contribution is 2.26. The molecule has 0 fully saturated rings. The molecule has 9 heteroatoms. The number of nitrogens with one attached hydrogen (secondary N) is 1. The molecule has 0 radical (unpaired) electrons. The van der Waals surface area contributed by atoms with Gasteiger partial charge in [-0.15, -0.1) is 0 Å². The maximum Gasteiger partial charge on any atom is 0.240 e. The standard InChI is InChI=1S/C21H25N3O4S2/c1-16-11-17(2)13-20(12-16)29(25,26)19-6-5-18(3)21(14-19)30(27,28)23-7-4-9-24-10-8-22-15-24/h5-6,8,10-15,23H,4,7,9H2,1-3H3. The van der Waals surface area contributed by atoms with Gasteiger partial charge in [-0.2, -0.15) is 0 Å². The molecule has 2 aromatic carbocycles. The van der Waals surface area contributed by atoms with Gasteiger partial charge in [0, 0.05) is 25.5 Å². The predicted octanol–water partition coefficient (Wildman–Crippen LogP) is 3.01. The van der Waals surface area contributed by atoms with E-state index in [0.29, 0.717) is 18.5 Å². The van der Waals surface area contributed by atoms with Crippen molar-refractivity contribution in [2.45, 2.75) is 48.4 Å². The maximum absolute atomic E-state index is 13.1. The zero-order valence-electron chi connectivity index (χ0n) is 17.2. The Morgan fingerprint density at radius 2 is 1.63 bits per heavy atom. The Bertz CT molecular complexity index is 1230. The first kappa shape index (κ1) is 22.2. The van der Waals surface area contributed by atoms with Gasteiger partial charge in [0.15, 0.2) is 0 Å². The van der Waals surface area contributed by atoms with Crippen molar-refractivity contribution in [2.24, 2.45) is 0 Å². The van der Waals surface area contributed by atoms with Gasteiger partial charge in [-0.3, -0.25) is 0 Å². The van der Waals surface area contributed by atoms with E-state index in [1.807, 2.05) is 24.5 Å². The van der Waals surface area contributed by atoms with Crippen LogP contribution in [0.2, 0.25) is 0 Å². The van der Waals surface area contributed by atoms with Gasteiger partial charge in [-0.25, -0.2) is 26.5 Å². The van der Waals surface area contributed by atoms with Crippen LogP contribution in [0.1, 0.15) is 23.1 Å². The van der Waals surface area contributed by atoms with Crippen molar-refractivity contribution in [3.05, 3.63) is 71.8 Å². The topological polar surface area (TPSA) is 98.1 Å². The third kappa shape index (κ3) is 4.97. The maximum atomic E-state index is 13.1. The van der Waals surface area contributed by atoms with E-state index in [0.717, 1.165) is 11.1 Å². The van der Waals surface area contributed by atoms with Crippen LogP contribution in [-0.2, 0) is 26.4 Å². The van der Waals surface area contributed by atoms with Crippen LogP contribution in [-0.4, -0.2) is 32.9 Å². The van der Waals surface area contributed by atoms with Crippen LogP contribution in [0.3, 0.4) is 0 Å². The van der Waals surface area contributed by atoms with Gasteiger partial charge >= 0.3 is 0 Å². The summed E-state index contributed by atoms with van der Waals surface area (Å²) in [6, 6.07) is 9.27. The van der Waals surface area contributed by atoms with Crippen LogP contribution in [0.25, 0.3) is 0 Å². The summed E-state index contributed by atoms with van der Waals surface area (Å²) in [4.78, 5) is 4.02. The Labute approximate surface area is 177 Å². The van der Waals surface area contributed by atoms with Gasteiger partial charge in [0.1, 0.15) is 0 Å². The molecule has 0 bridgehead atoms. The number of imidazole rings is 1. The predicted molar refractivity (Wildman–Crippen MR) is 115 cm³/mol. The molecule has 0 saturated heterocycles. The number of hydrogen-bond acceptors (Lipinski definition) is 5. The number of aryl methyl sites for hydroxylation is 4. The van der Waals surface area contributed by atoms with Crippen LogP contribution in [0.4, 0.5) is 0 Å². The number of nitrogens with zero attached hydrogens (tertiary/aromatic N) is 2. The molecule has 0 aliphatic carbocycles. The third-order valence-electron chi connectivity index (χ3n) is 4.71. The molecule has 0 unspecified atom stereocenters. The quantitative estimate of drug-likeness (QED) is 0.535. The molecule has 0 atom stereocenters. The smallest absolute Gasteiger partial charge is 0.240 e. The Morgan fingerprint density at radius 1 is 0.933 bits per heavy atom. The zero-order chi connectivity index (χ0) is 21.9. The lowest BCUT2D eigenvalue weighted by Gasteiger charge is -2.12. The summed E-state index contributed by atoms with van der Waals surface area (Å²) >= 11 is 0. The highest BCUT2D eigenvalue weighted by Gasteiger charge is 2.23. The molecular weight excluding hydrogens is 422 g/mol. The summed E-state index contributed by atoms with van der Waals surface area (Å²) in [7, 11) is -7.69. The van der Waals surface area contributed by atoms with Gasteiger partial charge in [0.25, 0.3) is 0 Å². The fourth-order valence-corrected chi connectivity index (χ4v) is 6.12. The largest absolute Gasteiger partial charge is 0.337 e. The van der Waals surface area contributed by atoms with Crippen molar-refractivity contribution >= 4 is 19.9 Å². The van der Waals surface area contributed by atoms with Crippen LogP contribution in [0, 0.1) is 20.8 Å². The Morgan fingerprint density at radius 3 is 2.27 bits per heavy atom. The van der Waals surface area contributed by atoms with Crippen LogP contribution in [0.15, 0.2) is 69.8 Å². The van der Waals surface area contributed by atoms with Crippen molar-refractivity contribution in [3.8, 4) is 0 Å². The summed E-state index contributed by atoms with van der Waals surface area (Å²) in [6.45, 7) is 6.15. The van der Waals surface area contributed by atoms with E-state index in [9.17, 15) is 16.8 Å². The number of aromatic nitrogens is 2. The number of sulfonamides is 1. The second-order valence-corrected chi connectivity index (χ2v) is 11.0. The Balaban J connectivity index is 1.84. The van der Waals surface area contributed by atoms with Crippen molar-refractivity contribution in [3.63, 3.8) is 0 Å². The molecule has 1 aromatic heterocycles. The number of rotatable bonds is 8. The van der Waals surface area contributed by atoms with Crippen molar-refractivity contribution < 1.29 is 16.8 Å². The van der Waals surface area contributed by atoms with Gasteiger partial charge in [0.05, 0.1) is 21.0 Å². The summed E-state index contributed by atoms with van der Waals surface area (Å²) in [5.41, 5.74) is 2.14. The number of hydrogen-bond donors (Lipinski definition) is 1. The minimum absolute atomic E-state index is 0.0319. The van der Waals surface area contributed by atoms with E-state index >= 15 is 0 Å². The van der Waals surface area contributed by atoms with Gasteiger partial charge in [-0.1, -0.05) is 12.1 Å². The average Bonchev–Trinajstić information content (AvgIpc) is 3.18. The minimum Gasteiger partial charge on any atom is -0.337 e. The normalized spacial score (nSPS) is 12.2. The van der Waals surface area contributed by atoms with E-state index in [4.69, 9.17) is 0 Å². The molecule has 30 heavy (non-hydrogen) atoms. The summed E-state index contributed by atoms with van der Waals surface area (Å²) in [5, 5.41) is 0. The van der Waals surface area contributed by atoms with E-state index in [1.54, 1.807) is 37.8 Å². The van der Waals surface area contributed by atoms with Crippen LogP contribution in [0.5, 0.6) is 0 Å². The van der Waals surface area contributed by atoms with E-state index in [1.165, 1.54) is 18.2 Å². The van der Waals surface area contributed by atoms with Crippen LogP contribution < -0.4 is 4.72 Å². The van der Waals surface area contributed by atoms with E-state index in [-0.39, 0.29) is 21.2 Å². The molecule has 0 aliphatic heterocycles. The van der Waals surface area contributed by atoms with Gasteiger partial charge in [-0.05, 0) is 68.1 Å². The molecule has 1 heterocycles. The first-order chi connectivity index (χ1) is 14.1. The van der Waals surface area contributed by atoms with Crippen molar-refractivity contribution in [2.75, 3.05) is 6.54 Å². The van der Waals surface area contributed by atoms with E-state index in [2.05, 4.69) is 9.71 Å². The molecule has 0 saturated carbocycles. The lowest BCUT2D eigenvalue weighted by molar-refractivity contribution is 0.569. The van der Waals surface area contributed by atoms with Crippen molar-refractivity contribution in [1.82, 2.24) is 14.3 Å².